The quantitative estimate of drug-likeness (QED) is 0.731. The molecule has 0 aliphatic carbocycles. The normalized spacial score (nSPS) is 10.5. The highest BCUT2D eigenvalue weighted by Gasteiger charge is 2.11. The number of nitrogens with zero attached hydrogens (tertiary/aromatic N) is 2. The maximum atomic E-state index is 12.4. The highest BCUT2D eigenvalue weighted by Crippen LogP contribution is 2.23. The van der Waals surface area contributed by atoms with Crippen LogP contribution in [0.4, 0.5) is 5.69 Å². The lowest BCUT2D eigenvalue weighted by Gasteiger charge is -2.11. The summed E-state index contributed by atoms with van der Waals surface area (Å²) >= 11 is 6.07. The van der Waals surface area contributed by atoms with Crippen molar-refractivity contribution < 1.29 is 9.53 Å². The first-order valence-electron chi connectivity index (χ1n) is 8.25. The van der Waals surface area contributed by atoms with Gasteiger partial charge in [0.05, 0.1) is 12.8 Å². The summed E-state index contributed by atoms with van der Waals surface area (Å²) in [6.07, 6.45) is 0. The van der Waals surface area contributed by atoms with Crippen molar-refractivity contribution in [2.24, 2.45) is 0 Å². The summed E-state index contributed by atoms with van der Waals surface area (Å²) in [5.41, 5.74) is 2.36. The lowest BCUT2D eigenvalue weighted by atomic mass is 10.1. The van der Waals surface area contributed by atoms with E-state index in [1.54, 1.807) is 31.4 Å². The molecular weight excluding hydrogens is 366 g/mol. The molecule has 0 spiro atoms. The molecule has 138 valence electrons. The van der Waals surface area contributed by atoms with Gasteiger partial charge >= 0.3 is 0 Å². The average molecular weight is 384 g/mol. The van der Waals surface area contributed by atoms with Crippen molar-refractivity contribution in [2.45, 2.75) is 13.5 Å². The molecule has 3 rings (SSSR count). The van der Waals surface area contributed by atoms with E-state index in [9.17, 15) is 9.59 Å². The molecule has 6 nitrogen and oxygen atoms in total. The van der Waals surface area contributed by atoms with Crippen molar-refractivity contribution in [3.63, 3.8) is 0 Å². The fourth-order valence-corrected chi connectivity index (χ4v) is 2.74. The minimum atomic E-state index is -0.363. The lowest BCUT2D eigenvalue weighted by Crippen LogP contribution is -2.29. The third-order valence-corrected chi connectivity index (χ3v) is 4.48. The van der Waals surface area contributed by atoms with Gasteiger partial charge in [0.2, 0.25) is 5.91 Å². The van der Waals surface area contributed by atoms with Crippen LogP contribution in [0.15, 0.2) is 59.4 Å². The van der Waals surface area contributed by atoms with Gasteiger partial charge in [-0.05, 0) is 42.8 Å². The number of benzene rings is 2. The molecule has 3 aromatic rings. The number of halogens is 1. The molecule has 0 radical (unpaired) electrons. The monoisotopic (exact) mass is 383 g/mol. The zero-order valence-electron chi connectivity index (χ0n) is 14.9. The van der Waals surface area contributed by atoms with Crippen LogP contribution in [-0.4, -0.2) is 22.8 Å². The number of methoxy groups -OCH3 is 1. The molecule has 7 heteroatoms. The molecule has 1 amide bonds. The van der Waals surface area contributed by atoms with Gasteiger partial charge in [0.15, 0.2) is 0 Å². The van der Waals surface area contributed by atoms with Gasteiger partial charge < -0.3 is 10.1 Å². The van der Waals surface area contributed by atoms with Gasteiger partial charge in [-0.15, -0.1) is 0 Å². The predicted octanol–water partition coefficient (Wildman–Crippen LogP) is 3.52. The number of carbonyl (C=O) groups is 1. The van der Waals surface area contributed by atoms with Crippen molar-refractivity contribution in [1.29, 1.82) is 0 Å². The Balaban J connectivity index is 1.83. The van der Waals surface area contributed by atoms with Gasteiger partial charge in [-0.1, -0.05) is 29.8 Å². The van der Waals surface area contributed by atoms with Crippen LogP contribution in [0, 0.1) is 6.92 Å². The van der Waals surface area contributed by atoms with Gasteiger partial charge in [0.1, 0.15) is 12.3 Å². The number of ether oxygens (including phenoxy) is 1. The number of aromatic nitrogens is 2. The number of carbonyl (C=O) groups excluding carboxylic acids is 1. The number of amides is 1. The fourth-order valence-electron chi connectivity index (χ4n) is 2.57. The van der Waals surface area contributed by atoms with E-state index in [0.29, 0.717) is 22.2 Å². The van der Waals surface area contributed by atoms with Crippen molar-refractivity contribution in [2.75, 3.05) is 12.4 Å². The smallest absolute Gasteiger partial charge is 0.267 e. The van der Waals surface area contributed by atoms with Crippen LogP contribution in [0.1, 0.15) is 5.56 Å². The third kappa shape index (κ3) is 4.35. The molecule has 1 N–H and O–H groups in total. The summed E-state index contributed by atoms with van der Waals surface area (Å²) in [7, 11) is 1.58. The van der Waals surface area contributed by atoms with E-state index < -0.39 is 0 Å². The average Bonchev–Trinajstić information content (AvgIpc) is 2.67. The second kappa shape index (κ2) is 8.05. The summed E-state index contributed by atoms with van der Waals surface area (Å²) in [4.78, 5) is 24.5. The molecular formula is C20H18ClN3O3. The van der Waals surface area contributed by atoms with Gasteiger partial charge in [0.25, 0.3) is 5.56 Å². The van der Waals surface area contributed by atoms with Crippen LogP contribution in [0.25, 0.3) is 11.3 Å². The van der Waals surface area contributed by atoms with Crippen molar-refractivity contribution in [3.05, 3.63) is 75.5 Å². The molecule has 1 aromatic heterocycles. The first-order valence-corrected chi connectivity index (χ1v) is 8.63. The zero-order valence-corrected chi connectivity index (χ0v) is 15.7. The Morgan fingerprint density at radius 1 is 1.19 bits per heavy atom. The number of anilines is 1. The second-order valence-electron chi connectivity index (χ2n) is 5.91. The van der Waals surface area contributed by atoms with E-state index in [1.165, 1.54) is 6.07 Å². The summed E-state index contributed by atoms with van der Waals surface area (Å²) in [5.74, 6) is 0.319. The van der Waals surface area contributed by atoms with E-state index >= 15 is 0 Å². The highest BCUT2D eigenvalue weighted by atomic mass is 35.5. The maximum Gasteiger partial charge on any atom is 0.267 e. The summed E-state index contributed by atoms with van der Waals surface area (Å²) in [6.45, 7) is 1.61. The van der Waals surface area contributed by atoms with E-state index in [4.69, 9.17) is 16.3 Å². The van der Waals surface area contributed by atoms with Crippen LogP contribution in [-0.2, 0) is 11.3 Å². The topological polar surface area (TPSA) is 73.2 Å². The van der Waals surface area contributed by atoms with Crippen molar-refractivity contribution >= 4 is 23.2 Å². The molecule has 1 heterocycles. The van der Waals surface area contributed by atoms with Crippen LogP contribution in [0.5, 0.6) is 5.75 Å². The van der Waals surface area contributed by atoms with Gasteiger partial charge in [-0.25, -0.2) is 4.68 Å². The first-order chi connectivity index (χ1) is 13.0. The van der Waals surface area contributed by atoms with Crippen LogP contribution >= 0.6 is 11.6 Å². The third-order valence-electron chi connectivity index (χ3n) is 4.07. The highest BCUT2D eigenvalue weighted by molar-refractivity contribution is 6.31. The van der Waals surface area contributed by atoms with Gasteiger partial charge in [0, 0.05) is 22.3 Å². The molecule has 0 aliphatic heterocycles. The molecule has 0 saturated heterocycles. The Hall–Kier alpha value is -3.12. The Labute approximate surface area is 161 Å². The van der Waals surface area contributed by atoms with Crippen molar-refractivity contribution in [1.82, 2.24) is 9.78 Å². The minimum Gasteiger partial charge on any atom is -0.497 e. The van der Waals surface area contributed by atoms with Crippen molar-refractivity contribution in [3.8, 4) is 17.0 Å². The second-order valence-corrected chi connectivity index (χ2v) is 6.31. The van der Waals surface area contributed by atoms with Crippen LogP contribution in [0.3, 0.4) is 0 Å². The Morgan fingerprint density at radius 3 is 2.74 bits per heavy atom. The number of nitrogens with one attached hydrogen (secondary N) is 1. The SMILES string of the molecule is COc1cccc(-c2ccc(=O)n(CC(=O)Nc3cccc(Cl)c3C)n2)c1. The molecule has 0 bridgehead atoms. The minimum absolute atomic E-state index is 0.206. The summed E-state index contributed by atoms with van der Waals surface area (Å²) in [5, 5.41) is 7.62. The Kier molecular flexibility index (Phi) is 5.57. The van der Waals surface area contributed by atoms with E-state index in [1.807, 2.05) is 31.2 Å². The Bertz CT molecular complexity index is 1050. The largest absolute Gasteiger partial charge is 0.497 e. The van der Waals surface area contributed by atoms with Gasteiger partial charge in [-0.3, -0.25) is 9.59 Å². The lowest BCUT2D eigenvalue weighted by molar-refractivity contribution is -0.117. The fraction of sp³-hybridized carbons (Fsp3) is 0.150. The molecule has 0 fully saturated rings. The summed E-state index contributed by atoms with van der Waals surface area (Å²) in [6, 6.07) is 15.6. The van der Waals surface area contributed by atoms with Crippen LogP contribution < -0.4 is 15.6 Å². The number of hydrogen-bond donors (Lipinski definition) is 1. The zero-order chi connectivity index (χ0) is 19.4. The predicted molar refractivity (Wildman–Crippen MR) is 105 cm³/mol. The molecule has 2 aromatic carbocycles. The molecule has 27 heavy (non-hydrogen) atoms. The molecule has 0 saturated carbocycles. The molecule has 0 unspecified atom stereocenters. The maximum absolute atomic E-state index is 12.4. The number of hydrogen-bond acceptors (Lipinski definition) is 4. The van der Waals surface area contributed by atoms with Gasteiger partial charge in [-0.2, -0.15) is 5.10 Å². The van der Waals surface area contributed by atoms with E-state index in [2.05, 4.69) is 10.4 Å². The molecule has 0 atom stereocenters. The summed E-state index contributed by atoms with van der Waals surface area (Å²) < 4.78 is 6.34. The Morgan fingerprint density at radius 2 is 1.96 bits per heavy atom. The molecule has 0 aliphatic rings. The van der Waals surface area contributed by atoms with E-state index in [-0.39, 0.29) is 18.0 Å². The standard InChI is InChI=1S/C20H18ClN3O3/c1-13-16(21)7-4-8-17(13)22-19(25)12-24-20(26)10-9-18(23-24)14-5-3-6-15(11-14)27-2/h3-11H,12H2,1-2H3,(H,22,25). The van der Waals surface area contributed by atoms with Crippen LogP contribution in [0.2, 0.25) is 5.02 Å². The first kappa shape index (κ1) is 18.7. The number of rotatable bonds is 5. The van der Waals surface area contributed by atoms with E-state index in [0.717, 1.165) is 15.8 Å².